The number of rotatable bonds is 7. The maximum Gasteiger partial charge on any atom is 0.227 e. The van der Waals surface area contributed by atoms with Crippen molar-refractivity contribution in [2.24, 2.45) is 0 Å². The SMILES string of the molecule is CCC(=O)N(CC1(N2CCN(CC(C)(C)F)CC2)CCOCC1)c1cccc(C)n1. The average Bonchev–Trinajstić information content (AvgIpc) is 2.71. The maximum absolute atomic E-state index is 14.1. The smallest absolute Gasteiger partial charge is 0.227 e. The van der Waals surface area contributed by atoms with Gasteiger partial charge in [0.15, 0.2) is 0 Å². The Morgan fingerprint density at radius 2 is 1.90 bits per heavy atom. The van der Waals surface area contributed by atoms with Gasteiger partial charge in [-0.15, -0.1) is 0 Å². The molecule has 1 aromatic heterocycles. The molecule has 0 N–H and O–H groups in total. The highest BCUT2D eigenvalue weighted by molar-refractivity contribution is 5.92. The third-order valence-electron chi connectivity index (χ3n) is 6.27. The molecule has 0 bridgehead atoms. The van der Waals surface area contributed by atoms with E-state index in [1.54, 1.807) is 13.8 Å². The molecule has 2 fully saturated rings. The molecule has 7 heteroatoms. The molecule has 0 radical (unpaired) electrons. The number of aryl methyl sites for hydroxylation is 1. The first-order valence-corrected chi connectivity index (χ1v) is 11.2. The molecule has 0 saturated carbocycles. The summed E-state index contributed by atoms with van der Waals surface area (Å²) in [6, 6.07) is 5.84. The second-order valence-electron chi connectivity index (χ2n) is 9.29. The molecule has 0 unspecified atom stereocenters. The van der Waals surface area contributed by atoms with Crippen LogP contribution >= 0.6 is 0 Å². The van der Waals surface area contributed by atoms with Crippen molar-refractivity contribution in [2.75, 3.05) is 57.4 Å². The Bertz CT molecular complexity index is 707. The standard InChI is InChI=1S/C23H37FN4O2/c1-5-21(29)28(20-8-6-7-19(2)25-20)18-23(9-15-30-16-10-23)27-13-11-26(12-14-27)17-22(3,4)24/h6-8H,5,9-18H2,1-4H3. The Labute approximate surface area is 180 Å². The van der Waals surface area contributed by atoms with E-state index in [4.69, 9.17) is 4.74 Å². The molecule has 2 aliphatic heterocycles. The predicted octanol–water partition coefficient (Wildman–Crippen LogP) is 3.05. The van der Waals surface area contributed by atoms with Crippen molar-refractivity contribution in [2.45, 2.75) is 58.2 Å². The minimum atomic E-state index is -1.18. The normalized spacial score (nSPS) is 20.8. The molecule has 2 saturated heterocycles. The summed E-state index contributed by atoms with van der Waals surface area (Å²) in [5.74, 6) is 0.822. The van der Waals surface area contributed by atoms with Crippen LogP contribution in [0.4, 0.5) is 10.2 Å². The summed E-state index contributed by atoms with van der Waals surface area (Å²) < 4.78 is 19.8. The van der Waals surface area contributed by atoms with Crippen LogP contribution in [0, 0.1) is 6.92 Å². The Hall–Kier alpha value is -1.57. The van der Waals surface area contributed by atoms with Crippen LogP contribution < -0.4 is 4.90 Å². The summed E-state index contributed by atoms with van der Waals surface area (Å²) >= 11 is 0. The van der Waals surface area contributed by atoms with Gasteiger partial charge in [-0.3, -0.25) is 19.5 Å². The van der Waals surface area contributed by atoms with Crippen LogP contribution in [-0.2, 0) is 9.53 Å². The fraction of sp³-hybridized carbons (Fsp3) is 0.739. The Kier molecular flexibility index (Phi) is 7.47. The molecule has 1 aromatic rings. The molecule has 3 heterocycles. The second-order valence-corrected chi connectivity index (χ2v) is 9.29. The van der Waals surface area contributed by atoms with Crippen molar-refractivity contribution in [1.29, 1.82) is 0 Å². The predicted molar refractivity (Wildman–Crippen MR) is 118 cm³/mol. The van der Waals surface area contributed by atoms with E-state index in [0.29, 0.717) is 32.7 Å². The van der Waals surface area contributed by atoms with Gasteiger partial charge in [0.05, 0.1) is 0 Å². The molecule has 0 spiro atoms. The average molecular weight is 421 g/mol. The number of carbonyl (C=O) groups is 1. The lowest BCUT2D eigenvalue weighted by Crippen LogP contribution is -2.64. The number of aromatic nitrogens is 1. The molecule has 3 rings (SSSR count). The molecule has 168 valence electrons. The number of carbonyl (C=O) groups excluding carboxylic acids is 1. The maximum atomic E-state index is 14.1. The van der Waals surface area contributed by atoms with Crippen molar-refractivity contribution in [1.82, 2.24) is 14.8 Å². The molecule has 0 aliphatic carbocycles. The summed E-state index contributed by atoms with van der Waals surface area (Å²) in [6.07, 6.45) is 2.23. The minimum Gasteiger partial charge on any atom is -0.381 e. The molecule has 1 amide bonds. The van der Waals surface area contributed by atoms with E-state index >= 15 is 0 Å². The van der Waals surface area contributed by atoms with Crippen LogP contribution in [0.1, 0.15) is 45.7 Å². The summed E-state index contributed by atoms with van der Waals surface area (Å²) in [4.78, 5) is 24.2. The highest BCUT2D eigenvalue weighted by Gasteiger charge is 2.42. The number of nitrogens with zero attached hydrogens (tertiary/aromatic N) is 4. The Morgan fingerprint density at radius 3 is 2.47 bits per heavy atom. The monoisotopic (exact) mass is 420 g/mol. The van der Waals surface area contributed by atoms with Gasteiger partial charge in [-0.2, -0.15) is 0 Å². The number of hydrogen-bond donors (Lipinski definition) is 0. The van der Waals surface area contributed by atoms with E-state index in [1.165, 1.54) is 0 Å². The van der Waals surface area contributed by atoms with Crippen molar-refractivity contribution < 1.29 is 13.9 Å². The van der Waals surface area contributed by atoms with E-state index in [0.717, 1.165) is 50.5 Å². The van der Waals surface area contributed by atoms with Gasteiger partial charge in [0, 0.05) is 70.1 Å². The van der Waals surface area contributed by atoms with Gasteiger partial charge in [-0.25, -0.2) is 9.37 Å². The van der Waals surface area contributed by atoms with Crippen LogP contribution in [0.3, 0.4) is 0 Å². The van der Waals surface area contributed by atoms with Gasteiger partial charge >= 0.3 is 0 Å². The first-order chi connectivity index (χ1) is 14.2. The second kappa shape index (κ2) is 9.71. The zero-order valence-corrected chi connectivity index (χ0v) is 19.0. The molecular weight excluding hydrogens is 383 g/mol. The van der Waals surface area contributed by atoms with Gasteiger partial charge < -0.3 is 4.74 Å². The van der Waals surface area contributed by atoms with Crippen molar-refractivity contribution in [3.05, 3.63) is 23.9 Å². The van der Waals surface area contributed by atoms with Gasteiger partial charge in [-0.05, 0) is 45.7 Å². The van der Waals surface area contributed by atoms with Gasteiger partial charge in [0.25, 0.3) is 0 Å². The Morgan fingerprint density at radius 1 is 1.23 bits per heavy atom. The third-order valence-corrected chi connectivity index (χ3v) is 6.27. The minimum absolute atomic E-state index is 0.0942. The zero-order chi connectivity index (χ0) is 21.8. The van der Waals surface area contributed by atoms with E-state index in [1.807, 2.05) is 36.9 Å². The van der Waals surface area contributed by atoms with Crippen LogP contribution in [0.5, 0.6) is 0 Å². The lowest BCUT2D eigenvalue weighted by molar-refractivity contribution is -0.119. The van der Waals surface area contributed by atoms with Crippen LogP contribution in [0.2, 0.25) is 0 Å². The largest absolute Gasteiger partial charge is 0.381 e. The van der Waals surface area contributed by atoms with E-state index in [-0.39, 0.29) is 11.4 Å². The van der Waals surface area contributed by atoms with Gasteiger partial charge in [0.2, 0.25) is 5.91 Å². The molecule has 30 heavy (non-hydrogen) atoms. The van der Waals surface area contributed by atoms with Crippen LogP contribution in [0.25, 0.3) is 0 Å². The van der Waals surface area contributed by atoms with Crippen molar-refractivity contribution in [3.8, 4) is 0 Å². The number of pyridine rings is 1. The van der Waals surface area contributed by atoms with Crippen LogP contribution in [0.15, 0.2) is 18.2 Å². The number of anilines is 1. The topological polar surface area (TPSA) is 48.9 Å². The number of hydrogen-bond acceptors (Lipinski definition) is 5. The van der Waals surface area contributed by atoms with Gasteiger partial charge in [0.1, 0.15) is 11.5 Å². The highest BCUT2D eigenvalue weighted by atomic mass is 19.1. The zero-order valence-electron chi connectivity index (χ0n) is 19.0. The third kappa shape index (κ3) is 5.77. The number of piperazine rings is 1. The lowest BCUT2D eigenvalue weighted by atomic mass is 9.86. The summed E-state index contributed by atoms with van der Waals surface area (Å²) in [7, 11) is 0. The van der Waals surface area contributed by atoms with E-state index < -0.39 is 5.67 Å². The number of halogens is 1. The summed E-state index contributed by atoms with van der Waals surface area (Å²) in [5, 5.41) is 0. The van der Waals surface area contributed by atoms with Crippen molar-refractivity contribution in [3.63, 3.8) is 0 Å². The molecule has 6 nitrogen and oxygen atoms in total. The first kappa shape index (κ1) is 23.1. The quantitative estimate of drug-likeness (QED) is 0.679. The fourth-order valence-corrected chi connectivity index (χ4v) is 4.70. The van der Waals surface area contributed by atoms with Crippen molar-refractivity contribution >= 4 is 11.7 Å². The van der Waals surface area contributed by atoms with E-state index in [9.17, 15) is 9.18 Å². The molecular formula is C23H37FN4O2. The lowest BCUT2D eigenvalue weighted by Gasteiger charge is -2.51. The molecule has 0 aromatic carbocycles. The number of alkyl halides is 1. The van der Waals surface area contributed by atoms with E-state index in [2.05, 4.69) is 14.8 Å². The summed E-state index contributed by atoms with van der Waals surface area (Å²) in [5.41, 5.74) is -0.407. The van der Waals surface area contributed by atoms with Crippen LogP contribution in [-0.4, -0.2) is 84.4 Å². The number of ether oxygens (including phenoxy) is 1. The Balaban J connectivity index is 1.79. The first-order valence-electron chi connectivity index (χ1n) is 11.2. The van der Waals surface area contributed by atoms with Gasteiger partial charge in [-0.1, -0.05) is 13.0 Å². The molecule has 0 atom stereocenters. The number of amides is 1. The fourth-order valence-electron chi connectivity index (χ4n) is 4.70. The summed E-state index contributed by atoms with van der Waals surface area (Å²) in [6.45, 7) is 13.1. The molecule has 2 aliphatic rings. The highest BCUT2D eigenvalue weighted by Crippen LogP contribution is 2.32.